The van der Waals surface area contributed by atoms with Gasteiger partial charge >= 0.3 is 12.0 Å². The summed E-state index contributed by atoms with van der Waals surface area (Å²) in [5.74, 6) is -0.889. The molecule has 1 aliphatic heterocycles. The number of carboxylic acids is 1. The molecule has 19 heavy (non-hydrogen) atoms. The van der Waals surface area contributed by atoms with Crippen LogP contribution in [0.4, 0.5) is 4.79 Å². The molecule has 0 radical (unpaired) electrons. The third kappa shape index (κ3) is 2.86. The molecule has 0 saturated carbocycles. The molecule has 2 unspecified atom stereocenters. The van der Waals surface area contributed by atoms with E-state index < -0.39 is 5.97 Å². The molecule has 5 heteroatoms. The maximum Gasteiger partial charge on any atom is 0.318 e. The molecule has 1 saturated heterocycles. The first kappa shape index (κ1) is 13.4. The SMILES string of the molecule is Cc1ccccc1C1CN(C(C)CC(=O)O)C(=O)N1. The molecule has 1 aliphatic rings. The lowest BCUT2D eigenvalue weighted by molar-refractivity contribution is -0.137. The average Bonchev–Trinajstić information content (AvgIpc) is 2.71. The Labute approximate surface area is 112 Å². The van der Waals surface area contributed by atoms with Crippen LogP contribution in [0.5, 0.6) is 0 Å². The summed E-state index contributed by atoms with van der Waals surface area (Å²) >= 11 is 0. The minimum atomic E-state index is -0.889. The van der Waals surface area contributed by atoms with Gasteiger partial charge in [0, 0.05) is 12.6 Å². The van der Waals surface area contributed by atoms with Crippen molar-refractivity contribution < 1.29 is 14.7 Å². The molecule has 0 bridgehead atoms. The van der Waals surface area contributed by atoms with Crippen molar-refractivity contribution in [2.45, 2.75) is 32.4 Å². The van der Waals surface area contributed by atoms with E-state index in [0.29, 0.717) is 6.54 Å². The summed E-state index contributed by atoms with van der Waals surface area (Å²) < 4.78 is 0. The number of nitrogens with zero attached hydrogens (tertiary/aromatic N) is 1. The van der Waals surface area contributed by atoms with Gasteiger partial charge in [0.2, 0.25) is 0 Å². The van der Waals surface area contributed by atoms with Gasteiger partial charge in [-0.1, -0.05) is 24.3 Å². The number of carbonyl (C=O) groups excluding carboxylic acids is 1. The number of hydrogen-bond donors (Lipinski definition) is 2. The van der Waals surface area contributed by atoms with E-state index in [2.05, 4.69) is 5.32 Å². The number of benzene rings is 1. The first-order valence-corrected chi connectivity index (χ1v) is 6.33. The standard InChI is InChI=1S/C14H18N2O3/c1-9-5-3-4-6-11(9)12-8-16(14(19)15-12)10(2)7-13(17)18/h3-6,10,12H,7-8H2,1-2H3,(H,15,19)(H,17,18). The smallest absolute Gasteiger partial charge is 0.318 e. The van der Waals surface area contributed by atoms with Crippen LogP contribution in [0.3, 0.4) is 0 Å². The highest BCUT2D eigenvalue weighted by molar-refractivity contribution is 5.78. The third-order valence-electron chi connectivity index (χ3n) is 3.50. The zero-order valence-electron chi connectivity index (χ0n) is 11.1. The molecule has 1 fully saturated rings. The summed E-state index contributed by atoms with van der Waals surface area (Å²) in [4.78, 5) is 24.2. The number of nitrogens with one attached hydrogen (secondary N) is 1. The Balaban J connectivity index is 2.11. The van der Waals surface area contributed by atoms with E-state index in [0.717, 1.165) is 11.1 Å². The van der Waals surface area contributed by atoms with Gasteiger partial charge in [-0.3, -0.25) is 4.79 Å². The van der Waals surface area contributed by atoms with Crippen molar-refractivity contribution in [3.05, 3.63) is 35.4 Å². The first-order valence-electron chi connectivity index (χ1n) is 6.33. The number of carbonyl (C=O) groups is 2. The maximum absolute atomic E-state index is 11.9. The molecule has 102 valence electrons. The van der Waals surface area contributed by atoms with Gasteiger partial charge in [-0.2, -0.15) is 0 Å². The minimum absolute atomic E-state index is 0.0338. The summed E-state index contributed by atoms with van der Waals surface area (Å²) in [6.07, 6.45) is -0.0338. The van der Waals surface area contributed by atoms with Gasteiger partial charge in [-0.15, -0.1) is 0 Å². The molecular formula is C14H18N2O3. The van der Waals surface area contributed by atoms with Gasteiger partial charge in [-0.05, 0) is 25.0 Å². The molecule has 2 atom stereocenters. The van der Waals surface area contributed by atoms with Crippen molar-refractivity contribution in [3.63, 3.8) is 0 Å². The highest BCUT2D eigenvalue weighted by atomic mass is 16.4. The number of urea groups is 1. The van der Waals surface area contributed by atoms with Crippen LogP contribution in [0, 0.1) is 6.92 Å². The fourth-order valence-electron chi connectivity index (χ4n) is 2.45. The second kappa shape index (κ2) is 5.30. The van der Waals surface area contributed by atoms with E-state index in [9.17, 15) is 9.59 Å². The number of amides is 2. The summed E-state index contributed by atoms with van der Waals surface area (Å²) in [6, 6.07) is 7.34. The van der Waals surface area contributed by atoms with E-state index in [1.807, 2.05) is 31.2 Å². The normalized spacial score (nSPS) is 20.2. The predicted molar refractivity (Wildman–Crippen MR) is 70.9 cm³/mol. The van der Waals surface area contributed by atoms with Crippen molar-refractivity contribution in [3.8, 4) is 0 Å². The van der Waals surface area contributed by atoms with Crippen molar-refractivity contribution in [2.75, 3.05) is 6.54 Å². The van der Waals surface area contributed by atoms with Crippen LogP contribution in [0.1, 0.15) is 30.5 Å². The molecule has 0 aromatic heterocycles. The molecule has 1 aromatic carbocycles. The molecule has 2 rings (SSSR count). The van der Waals surface area contributed by atoms with E-state index in [-0.39, 0.29) is 24.5 Å². The lowest BCUT2D eigenvalue weighted by Crippen LogP contribution is -2.37. The molecule has 0 aliphatic carbocycles. The Hall–Kier alpha value is -2.04. The lowest BCUT2D eigenvalue weighted by Gasteiger charge is -2.21. The minimum Gasteiger partial charge on any atom is -0.481 e. The van der Waals surface area contributed by atoms with Crippen LogP contribution in [0.2, 0.25) is 0 Å². The Bertz CT molecular complexity index is 501. The van der Waals surface area contributed by atoms with E-state index >= 15 is 0 Å². The second-order valence-corrected chi connectivity index (χ2v) is 4.96. The van der Waals surface area contributed by atoms with Gasteiger partial charge in [0.1, 0.15) is 0 Å². The van der Waals surface area contributed by atoms with Gasteiger partial charge < -0.3 is 15.3 Å². The van der Waals surface area contributed by atoms with Crippen molar-refractivity contribution in [2.24, 2.45) is 0 Å². The van der Waals surface area contributed by atoms with E-state index in [4.69, 9.17) is 5.11 Å². The zero-order chi connectivity index (χ0) is 14.0. The molecule has 2 N–H and O–H groups in total. The number of rotatable bonds is 4. The van der Waals surface area contributed by atoms with Crippen molar-refractivity contribution in [1.29, 1.82) is 0 Å². The van der Waals surface area contributed by atoms with E-state index in [1.54, 1.807) is 11.8 Å². The summed E-state index contributed by atoms with van der Waals surface area (Å²) in [6.45, 7) is 4.27. The quantitative estimate of drug-likeness (QED) is 0.871. The zero-order valence-corrected chi connectivity index (χ0v) is 11.1. The molecular weight excluding hydrogens is 244 g/mol. The summed E-state index contributed by atoms with van der Waals surface area (Å²) in [5.41, 5.74) is 2.21. The average molecular weight is 262 g/mol. The highest BCUT2D eigenvalue weighted by Crippen LogP contribution is 2.24. The van der Waals surface area contributed by atoms with Crippen LogP contribution in [0.15, 0.2) is 24.3 Å². The molecule has 1 heterocycles. The number of hydrogen-bond acceptors (Lipinski definition) is 2. The van der Waals surface area contributed by atoms with Crippen LogP contribution in [-0.4, -0.2) is 34.6 Å². The number of carboxylic acid groups (broad SMARTS) is 1. The van der Waals surface area contributed by atoms with Crippen LogP contribution >= 0.6 is 0 Å². The van der Waals surface area contributed by atoms with Crippen molar-refractivity contribution in [1.82, 2.24) is 10.2 Å². The van der Waals surface area contributed by atoms with E-state index in [1.165, 1.54) is 0 Å². The third-order valence-corrected chi connectivity index (χ3v) is 3.50. The lowest BCUT2D eigenvalue weighted by atomic mass is 10.0. The van der Waals surface area contributed by atoms with Gasteiger partial charge in [-0.25, -0.2) is 4.79 Å². The number of aliphatic carboxylic acids is 1. The number of aryl methyl sites for hydroxylation is 1. The predicted octanol–water partition coefficient (Wildman–Crippen LogP) is 1.92. The van der Waals surface area contributed by atoms with Crippen molar-refractivity contribution >= 4 is 12.0 Å². The highest BCUT2D eigenvalue weighted by Gasteiger charge is 2.33. The van der Waals surface area contributed by atoms with Gasteiger partial charge in [0.25, 0.3) is 0 Å². The molecule has 1 aromatic rings. The largest absolute Gasteiger partial charge is 0.481 e. The van der Waals surface area contributed by atoms with Crippen LogP contribution in [0.25, 0.3) is 0 Å². The molecule has 5 nitrogen and oxygen atoms in total. The fraction of sp³-hybridized carbons (Fsp3) is 0.429. The Kier molecular flexibility index (Phi) is 3.74. The Morgan fingerprint density at radius 1 is 1.53 bits per heavy atom. The maximum atomic E-state index is 11.9. The summed E-state index contributed by atoms with van der Waals surface area (Å²) in [5, 5.41) is 11.7. The van der Waals surface area contributed by atoms with Gasteiger partial charge in [0.05, 0.1) is 12.5 Å². The van der Waals surface area contributed by atoms with Crippen LogP contribution in [-0.2, 0) is 4.79 Å². The second-order valence-electron chi connectivity index (χ2n) is 4.96. The summed E-state index contributed by atoms with van der Waals surface area (Å²) in [7, 11) is 0. The fourth-order valence-corrected chi connectivity index (χ4v) is 2.45. The Morgan fingerprint density at radius 3 is 2.84 bits per heavy atom. The van der Waals surface area contributed by atoms with Gasteiger partial charge in [0.15, 0.2) is 0 Å². The molecule has 0 spiro atoms. The monoisotopic (exact) mass is 262 g/mol. The Morgan fingerprint density at radius 2 is 2.21 bits per heavy atom. The first-order chi connectivity index (χ1) is 8.99. The van der Waals surface area contributed by atoms with Crippen LogP contribution < -0.4 is 5.32 Å². The molecule has 2 amide bonds. The topological polar surface area (TPSA) is 69.6 Å².